The fraction of sp³-hybridized carbons (Fsp3) is 0.636. The molecule has 6 nitrogen and oxygen atoms in total. The number of aromatic nitrogens is 2. The lowest BCUT2D eigenvalue weighted by molar-refractivity contribution is 0.0594. The van der Waals surface area contributed by atoms with E-state index in [-0.39, 0.29) is 17.9 Å². The largest absolute Gasteiger partial charge is 0.464 e. The highest BCUT2D eigenvalue weighted by atomic mass is 28.3. The zero-order valence-corrected chi connectivity index (χ0v) is 19.8. The number of ether oxygens (including phenoxy) is 2. The summed E-state index contributed by atoms with van der Waals surface area (Å²) < 4.78 is 27.3. The Labute approximate surface area is 179 Å². The zero-order valence-electron chi connectivity index (χ0n) is 18.8. The highest BCUT2D eigenvalue weighted by Gasteiger charge is 2.23. The van der Waals surface area contributed by atoms with E-state index in [0.29, 0.717) is 24.6 Å². The van der Waals surface area contributed by atoms with Gasteiger partial charge in [-0.25, -0.2) is 14.2 Å². The lowest BCUT2D eigenvalue weighted by Gasteiger charge is -2.31. The number of hydrogen-bond donors (Lipinski definition) is 0. The first-order valence-electron chi connectivity index (χ1n) is 10.7. The van der Waals surface area contributed by atoms with E-state index in [1.54, 1.807) is 10.6 Å². The Morgan fingerprint density at radius 3 is 2.80 bits per heavy atom. The molecule has 0 radical (unpaired) electrons. The van der Waals surface area contributed by atoms with Crippen LogP contribution in [0.1, 0.15) is 35.8 Å². The fourth-order valence-corrected chi connectivity index (χ4v) is 4.74. The van der Waals surface area contributed by atoms with Gasteiger partial charge in [-0.1, -0.05) is 26.6 Å². The minimum absolute atomic E-state index is 0.140. The molecule has 1 aliphatic rings. The molecule has 30 heavy (non-hydrogen) atoms. The van der Waals surface area contributed by atoms with Crippen molar-refractivity contribution in [2.75, 3.05) is 26.8 Å². The van der Waals surface area contributed by atoms with E-state index < -0.39 is 19.9 Å². The Morgan fingerprint density at radius 2 is 2.13 bits per heavy atom. The molecular formula is C22H34FN3O3Si. The Hall–Kier alpha value is -1.77. The van der Waals surface area contributed by atoms with Crippen LogP contribution in [-0.4, -0.2) is 55.3 Å². The number of fused-ring (bicyclic) bond motifs is 1. The van der Waals surface area contributed by atoms with E-state index in [2.05, 4.69) is 36.4 Å². The van der Waals surface area contributed by atoms with Crippen molar-refractivity contribution in [2.24, 2.45) is 5.92 Å². The second kappa shape index (κ2) is 9.57. The summed E-state index contributed by atoms with van der Waals surface area (Å²) >= 11 is 0. The molecule has 1 saturated heterocycles. The van der Waals surface area contributed by atoms with Crippen molar-refractivity contribution in [1.82, 2.24) is 14.5 Å². The van der Waals surface area contributed by atoms with Gasteiger partial charge < -0.3 is 14.0 Å². The van der Waals surface area contributed by atoms with Crippen molar-refractivity contribution < 1.29 is 18.7 Å². The molecule has 166 valence electrons. The third-order valence-corrected chi connectivity index (χ3v) is 7.31. The third kappa shape index (κ3) is 5.68. The summed E-state index contributed by atoms with van der Waals surface area (Å²) in [6, 6.07) is 2.80. The molecule has 2 aromatic rings. The number of piperidine rings is 1. The minimum Gasteiger partial charge on any atom is -0.464 e. The molecule has 0 N–H and O–H groups in total. The molecule has 1 atom stereocenters. The smallest absolute Gasteiger partial charge is 0.356 e. The number of carbonyl (C=O) groups is 1. The molecule has 3 heterocycles. The molecule has 0 aliphatic carbocycles. The highest BCUT2D eigenvalue weighted by molar-refractivity contribution is 6.76. The van der Waals surface area contributed by atoms with Crippen LogP contribution < -0.4 is 0 Å². The number of pyridine rings is 1. The summed E-state index contributed by atoms with van der Waals surface area (Å²) in [6.07, 6.45) is 3.80. The van der Waals surface area contributed by atoms with Gasteiger partial charge in [-0.15, -0.1) is 0 Å². The summed E-state index contributed by atoms with van der Waals surface area (Å²) in [6.45, 7) is 12.7. The zero-order chi connectivity index (χ0) is 21.9. The number of rotatable bonds is 8. The summed E-state index contributed by atoms with van der Waals surface area (Å²) in [4.78, 5) is 18.8. The Morgan fingerprint density at radius 1 is 1.37 bits per heavy atom. The van der Waals surface area contributed by atoms with Crippen molar-refractivity contribution in [3.8, 4) is 0 Å². The molecule has 8 heteroatoms. The topological polar surface area (TPSA) is 56.6 Å². The van der Waals surface area contributed by atoms with Gasteiger partial charge in [-0.2, -0.15) is 0 Å². The average Bonchev–Trinajstić information content (AvgIpc) is 3.00. The van der Waals surface area contributed by atoms with Crippen LogP contribution >= 0.6 is 0 Å². The second-order valence-corrected chi connectivity index (χ2v) is 15.3. The van der Waals surface area contributed by atoms with Crippen molar-refractivity contribution in [2.45, 2.75) is 58.7 Å². The molecule has 0 amide bonds. The maximum absolute atomic E-state index is 14.8. The van der Waals surface area contributed by atoms with Crippen LogP contribution in [0.15, 0.2) is 12.3 Å². The summed E-state index contributed by atoms with van der Waals surface area (Å²) in [5.41, 5.74) is 1.92. The van der Waals surface area contributed by atoms with Crippen LogP contribution in [0.25, 0.3) is 11.0 Å². The standard InChI is InChI=1S/C22H34FN3O3Si/c1-16-7-6-8-25(12-16)13-17-11-19(22(27)28-2)24-20-18(23)14-26(21(17)20)15-29-9-10-30(3,4)5/h11,14,16H,6-10,12-13,15H2,1-5H3/t16-/m0/s1. The predicted molar refractivity (Wildman–Crippen MR) is 119 cm³/mol. The van der Waals surface area contributed by atoms with Crippen molar-refractivity contribution >= 4 is 25.1 Å². The quantitative estimate of drug-likeness (QED) is 0.347. The van der Waals surface area contributed by atoms with E-state index in [1.165, 1.54) is 19.7 Å². The monoisotopic (exact) mass is 435 g/mol. The fourth-order valence-electron chi connectivity index (χ4n) is 3.98. The molecule has 0 bridgehead atoms. The Balaban J connectivity index is 1.92. The number of carbonyl (C=O) groups excluding carboxylic acids is 1. The number of likely N-dealkylation sites (tertiary alicyclic amines) is 1. The first-order chi connectivity index (χ1) is 14.2. The number of hydrogen-bond acceptors (Lipinski definition) is 5. The average molecular weight is 436 g/mol. The van der Waals surface area contributed by atoms with Crippen LogP contribution in [0.3, 0.4) is 0 Å². The van der Waals surface area contributed by atoms with Gasteiger partial charge in [0.05, 0.1) is 12.6 Å². The van der Waals surface area contributed by atoms with E-state index >= 15 is 0 Å². The normalized spacial score (nSPS) is 18.1. The van der Waals surface area contributed by atoms with Crippen molar-refractivity contribution in [3.63, 3.8) is 0 Å². The Kier molecular flexibility index (Phi) is 7.31. The van der Waals surface area contributed by atoms with Crippen LogP contribution in [0.4, 0.5) is 4.39 Å². The highest BCUT2D eigenvalue weighted by Crippen LogP contribution is 2.27. The Bertz CT molecular complexity index is 894. The van der Waals surface area contributed by atoms with Gasteiger partial charge in [0, 0.05) is 34.0 Å². The number of esters is 1. The van der Waals surface area contributed by atoms with Crippen LogP contribution in [-0.2, 0) is 22.7 Å². The molecule has 3 rings (SSSR count). The summed E-state index contributed by atoms with van der Waals surface area (Å²) in [5.74, 6) is -0.369. The first kappa shape index (κ1) is 22.9. The second-order valence-electron chi connectivity index (χ2n) is 9.63. The van der Waals surface area contributed by atoms with E-state index in [9.17, 15) is 9.18 Å². The molecule has 0 saturated carbocycles. The van der Waals surface area contributed by atoms with Crippen LogP contribution in [0, 0.1) is 11.7 Å². The van der Waals surface area contributed by atoms with E-state index in [1.807, 2.05) is 0 Å². The summed E-state index contributed by atoms with van der Waals surface area (Å²) in [7, 11) is 0.120. The van der Waals surface area contributed by atoms with Crippen molar-refractivity contribution in [3.05, 3.63) is 29.3 Å². The lowest BCUT2D eigenvalue weighted by Crippen LogP contribution is -2.34. The van der Waals surface area contributed by atoms with Gasteiger partial charge in [0.15, 0.2) is 5.82 Å². The molecule has 0 aromatic carbocycles. The number of nitrogens with zero attached hydrogens (tertiary/aromatic N) is 3. The van der Waals surface area contributed by atoms with Gasteiger partial charge in [0.25, 0.3) is 0 Å². The molecule has 1 aliphatic heterocycles. The van der Waals surface area contributed by atoms with Crippen molar-refractivity contribution in [1.29, 1.82) is 0 Å². The molecular weight excluding hydrogens is 401 g/mol. The van der Waals surface area contributed by atoms with Gasteiger partial charge in [-0.3, -0.25) is 4.90 Å². The minimum atomic E-state index is -1.19. The molecule has 2 aromatic heterocycles. The van der Waals surface area contributed by atoms with Gasteiger partial charge >= 0.3 is 5.97 Å². The number of halogens is 1. The lowest BCUT2D eigenvalue weighted by atomic mass is 9.99. The maximum Gasteiger partial charge on any atom is 0.356 e. The molecule has 0 unspecified atom stereocenters. The van der Waals surface area contributed by atoms with Crippen LogP contribution in [0.5, 0.6) is 0 Å². The SMILES string of the molecule is COC(=O)c1cc(CN2CCC[C@H](C)C2)c2c(n1)c(F)cn2COCC[Si](C)(C)C. The predicted octanol–water partition coefficient (Wildman–Crippen LogP) is 4.51. The number of methoxy groups -OCH3 is 1. The van der Waals surface area contributed by atoms with Gasteiger partial charge in [0.1, 0.15) is 17.9 Å². The van der Waals surface area contributed by atoms with Gasteiger partial charge in [0.2, 0.25) is 0 Å². The van der Waals surface area contributed by atoms with Gasteiger partial charge in [-0.05, 0) is 43.0 Å². The third-order valence-electron chi connectivity index (χ3n) is 5.61. The molecule has 1 fully saturated rings. The van der Waals surface area contributed by atoms with Crippen LogP contribution in [0.2, 0.25) is 25.7 Å². The summed E-state index contributed by atoms with van der Waals surface area (Å²) in [5, 5.41) is 0. The van der Waals surface area contributed by atoms with E-state index in [0.717, 1.165) is 31.1 Å². The maximum atomic E-state index is 14.8. The molecule has 0 spiro atoms. The van der Waals surface area contributed by atoms with E-state index in [4.69, 9.17) is 9.47 Å². The first-order valence-corrected chi connectivity index (χ1v) is 14.5.